The van der Waals surface area contributed by atoms with E-state index in [0.717, 1.165) is 25.8 Å². The van der Waals surface area contributed by atoms with Crippen molar-refractivity contribution in [2.24, 2.45) is 0 Å². The molecule has 1 heterocycles. The van der Waals surface area contributed by atoms with Gasteiger partial charge in [-0.15, -0.1) is 0 Å². The number of hydrogen-bond acceptors (Lipinski definition) is 3. The van der Waals surface area contributed by atoms with Crippen LogP contribution in [0.15, 0.2) is 18.3 Å². The van der Waals surface area contributed by atoms with E-state index < -0.39 is 0 Å². The number of aromatic nitrogens is 1. The third kappa shape index (κ3) is 3.97. The lowest BCUT2D eigenvalue weighted by Gasteiger charge is -2.04. The first-order chi connectivity index (χ1) is 7.24. The number of amides is 1. The molecule has 15 heavy (non-hydrogen) atoms. The summed E-state index contributed by atoms with van der Waals surface area (Å²) in [5.74, 6) is 0.288. The Bertz CT molecular complexity index is 325. The van der Waals surface area contributed by atoms with Gasteiger partial charge in [-0.05, 0) is 18.6 Å². The van der Waals surface area contributed by atoms with E-state index in [2.05, 4.69) is 17.2 Å². The Morgan fingerprint density at radius 2 is 2.33 bits per heavy atom. The van der Waals surface area contributed by atoms with Gasteiger partial charge in [0.05, 0.1) is 0 Å². The smallest absolute Gasteiger partial charge is 0.251 e. The van der Waals surface area contributed by atoms with Crippen molar-refractivity contribution in [3.05, 3.63) is 23.9 Å². The van der Waals surface area contributed by atoms with Crippen molar-refractivity contribution in [2.75, 3.05) is 12.3 Å². The van der Waals surface area contributed by atoms with E-state index >= 15 is 0 Å². The van der Waals surface area contributed by atoms with Gasteiger partial charge in [-0.25, -0.2) is 4.98 Å². The number of anilines is 1. The predicted molar refractivity (Wildman–Crippen MR) is 60.5 cm³/mol. The SMILES string of the molecule is CCCCCNC(=O)c1ccnc(N)c1. The maximum absolute atomic E-state index is 11.6. The number of nitrogens with two attached hydrogens (primary N) is 1. The molecule has 82 valence electrons. The highest BCUT2D eigenvalue weighted by Crippen LogP contribution is 2.02. The largest absolute Gasteiger partial charge is 0.384 e. The first kappa shape index (κ1) is 11.5. The number of carbonyl (C=O) groups is 1. The molecule has 4 heteroatoms. The van der Waals surface area contributed by atoms with Gasteiger partial charge in [0.25, 0.3) is 5.91 Å². The summed E-state index contributed by atoms with van der Waals surface area (Å²) in [6.45, 7) is 2.85. The second kappa shape index (κ2) is 6.01. The summed E-state index contributed by atoms with van der Waals surface area (Å²) >= 11 is 0. The van der Waals surface area contributed by atoms with Gasteiger partial charge in [0.15, 0.2) is 0 Å². The Labute approximate surface area is 89.9 Å². The Morgan fingerprint density at radius 1 is 1.53 bits per heavy atom. The van der Waals surface area contributed by atoms with Crippen LogP contribution in [0.3, 0.4) is 0 Å². The van der Waals surface area contributed by atoms with E-state index in [4.69, 9.17) is 5.73 Å². The second-order valence-electron chi connectivity index (χ2n) is 3.43. The maximum Gasteiger partial charge on any atom is 0.251 e. The molecule has 1 amide bonds. The molecule has 0 aromatic carbocycles. The van der Waals surface area contributed by atoms with Crippen LogP contribution < -0.4 is 11.1 Å². The molecule has 0 radical (unpaired) electrons. The molecule has 0 aliphatic rings. The van der Waals surface area contributed by atoms with Gasteiger partial charge in [-0.2, -0.15) is 0 Å². The topological polar surface area (TPSA) is 68.0 Å². The number of hydrogen-bond donors (Lipinski definition) is 2. The minimum Gasteiger partial charge on any atom is -0.384 e. The molecule has 0 aliphatic heterocycles. The van der Waals surface area contributed by atoms with Crippen LogP contribution in [0.1, 0.15) is 36.5 Å². The average Bonchev–Trinajstić information content (AvgIpc) is 2.24. The van der Waals surface area contributed by atoms with Gasteiger partial charge in [0.1, 0.15) is 5.82 Å². The van der Waals surface area contributed by atoms with Crippen LogP contribution in [0.25, 0.3) is 0 Å². The molecular weight excluding hydrogens is 190 g/mol. The second-order valence-corrected chi connectivity index (χ2v) is 3.43. The number of unbranched alkanes of at least 4 members (excludes halogenated alkanes) is 2. The van der Waals surface area contributed by atoms with Gasteiger partial charge in [0, 0.05) is 18.3 Å². The fourth-order valence-electron chi connectivity index (χ4n) is 1.27. The Kier molecular flexibility index (Phi) is 4.60. The third-order valence-electron chi connectivity index (χ3n) is 2.11. The summed E-state index contributed by atoms with van der Waals surface area (Å²) in [6.07, 6.45) is 4.84. The standard InChI is InChI=1S/C11H17N3O/c1-2-3-4-6-14-11(15)9-5-7-13-10(12)8-9/h5,7-8H,2-4,6H2,1H3,(H2,12,13)(H,14,15). The van der Waals surface area contributed by atoms with E-state index in [1.54, 1.807) is 12.1 Å². The monoisotopic (exact) mass is 207 g/mol. The quantitative estimate of drug-likeness (QED) is 0.720. The first-order valence-corrected chi connectivity index (χ1v) is 5.23. The molecule has 0 spiro atoms. The lowest BCUT2D eigenvalue weighted by Crippen LogP contribution is -2.24. The van der Waals surface area contributed by atoms with Crippen molar-refractivity contribution in [3.8, 4) is 0 Å². The van der Waals surface area contributed by atoms with Crippen molar-refractivity contribution in [3.63, 3.8) is 0 Å². The van der Waals surface area contributed by atoms with Crippen molar-refractivity contribution in [1.82, 2.24) is 10.3 Å². The van der Waals surface area contributed by atoms with Gasteiger partial charge in [-0.1, -0.05) is 19.8 Å². The summed E-state index contributed by atoms with van der Waals surface area (Å²) in [5.41, 5.74) is 6.05. The molecule has 0 fully saturated rings. The van der Waals surface area contributed by atoms with E-state index in [0.29, 0.717) is 11.4 Å². The van der Waals surface area contributed by atoms with Crippen molar-refractivity contribution < 1.29 is 4.79 Å². The minimum atomic E-state index is -0.0831. The summed E-state index contributed by atoms with van der Waals surface area (Å²) in [6, 6.07) is 3.24. The first-order valence-electron chi connectivity index (χ1n) is 5.23. The summed E-state index contributed by atoms with van der Waals surface area (Å²) in [5, 5.41) is 2.84. The van der Waals surface area contributed by atoms with E-state index in [9.17, 15) is 4.79 Å². The summed E-state index contributed by atoms with van der Waals surface area (Å²) in [4.78, 5) is 15.4. The normalized spacial score (nSPS) is 9.93. The third-order valence-corrected chi connectivity index (χ3v) is 2.11. The molecule has 4 nitrogen and oxygen atoms in total. The van der Waals surface area contributed by atoms with Gasteiger partial charge in [0.2, 0.25) is 0 Å². The molecule has 0 unspecified atom stereocenters. The van der Waals surface area contributed by atoms with Crippen LogP contribution >= 0.6 is 0 Å². The highest BCUT2D eigenvalue weighted by Gasteiger charge is 2.04. The number of nitrogen functional groups attached to an aromatic ring is 1. The summed E-state index contributed by atoms with van der Waals surface area (Å²) in [7, 11) is 0. The van der Waals surface area contributed by atoms with Crippen molar-refractivity contribution in [2.45, 2.75) is 26.2 Å². The predicted octanol–water partition coefficient (Wildman–Crippen LogP) is 1.58. The number of rotatable bonds is 5. The summed E-state index contributed by atoms with van der Waals surface area (Å²) < 4.78 is 0. The molecule has 0 bridgehead atoms. The molecule has 0 saturated heterocycles. The van der Waals surface area contributed by atoms with E-state index in [1.165, 1.54) is 6.20 Å². The van der Waals surface area contributed by atoms with Crippen LogP contribution in [0.2, 0.25) is 0 Å². The van der Waals surface area contributed by atoms with E-state index in [-0.39, 0.29) is 5.91 Å². The fourth-order valence-corrected chi connectivity index (χ4v) is 1.27. The van der Waals surface area contributed by atoms with Crippen molar-refractivity contribution in [1.29, 1.82) is 0 Å². The van der Waals surface area contributed by atoms with Crippen LogP contribution in [0, 0.1) is 0 Å². The lowest BCUT2D eigenvalue weighted by molar-refractivity contribution is 0.0953. The lowest BCUT2D eigenvalue weighted by atomic mass is 10.2. The van der Waals surface area contributed by atoms with E-state index in [1.807, 2.05) is 0 Å². The molecule has 3 N–H and O–H groups in total. The number of nitrogens with one attached hydrogen (secondary N) is 1. The number of pyridine rings is 1. The number of carbonyl (C=O) groups excluding carboxylic acids is 1. The van der Waals surface area contributed by atoms with Crippen LogP contribution in [0.5, 0.6) is 0 Å². The van der Waals surface area contributed by atoms with Gasteiger partial charge in [-0.3, -0.25) is 4.79 Å². The molecular formula is C11H17N3O. The molecule has 0 aliphatic carbocycles. The fraction of sp³-hybridized carbons (Fsp3) is 0.455. The molecule has 0 atom stereocenters. The van der Waals surface area contributed by atoms with Crippen LogP contribution in [-0.2, 0) is 0 Å². The van der Waals surface area contributed by atoms with Gasteiger partial charge >= 0.3 is 0 Å². The highest BCUT2D eigenvalue weighted by molar-refractivity contribution is 5.94. The average molecular weight is 207 g/mol. The molecule has 0 saturated carbocycles. The zero-order chi connectivity index (χ0) is 11.1. The molecule has 1 rings (SSSR count). The number of nitrogens with zero attached hydrogens (tertiary/aromatic N) is 1. The minimum absolute atomic E-state index is 0.0831. The zero-order valence-corrected chi connectivity index (χ0v) is 8.99. The maximum atomic E-state index is 11.6. The Hall–Kier alpha value is -1.58. The zero-order valence-electron chi connectivity index (χ0n) is 8.99. The van der Waals surface area contributed by atoms with Crippen LogP contribution in [0.4, 0.5) is 5.82 Å². The Morgan fingerprint density at radius 3 is 3.00 bits per heavy atom. The van der Waals surface area contributed by atoms with Crippen molar-refractivity contribution >= 4 is 11.7 Å². The van der Waals surface area contributed by atoms with Crippen LogP contribution in [-0.4, -0.2) is 17.4 Å². The molecule has 1 aromatic heterocycles. The molecule has 1 aromatic rings. The highest BCUT2D eigenvalue weighted by atomic mass is 16.1. The Balaban J connectivity index is 2.40. The van der Waals surface area contributed by atoms with Gasteiger partial charge < -0.3 is 11.1 Å².